The minimum absolute atomic E-state index is 0.0976. The molecule has 0 aliphatic carbocycles. The molecule has 0 N–H and O–H groups in total. The molecule has 5 heteroatoms. The summed E-state index contributed by atoms with van der Waals surface area (Å²) in [6.45, 7) is 0. The van der Waals surface area contributed by atoms with Crippen molar-refractivity contribution in [3.8, 4) is 11.5 Å². The average molecular weight is 390 g/mol. The van der Waals surface area contributed by atoms with Crippen LogP contribution in [0.15, 0.2) is 36.4 Å². The Morgan fingerprint density at radius 1 is 1.00 bits per heavy atom. The molecule has 0 spiro atoms. The fraction of sp³-hybridized carbons (Fsp3) is 0.250. The monoisotopic (exact) mass is 388 g/mol. The molecule has 0 saturated heterocycles. The largest absolute Gasteiger partial charge is 0.493 e. The average Bonchev–Trinajstić information content (AvgIpc) is 2.46. The predicted molar refractivity (Wildman–Crippen MR) is 91.4 cm³/mol. The van der Waals surface area contributed by atoms with E-state index in [-0.39, 0.29) is 4.83 Å². The summed E-state index contributed by atoms with van der Waals surface area (Å²) in [6, 6.07) is 11.4. The SMILES string of the molecule is COc1ccc(CC(Br)c2ccc(Cl)cc2Cl)cc1OC. The number of ether oxygens (including phenoxy) is 2. The molecule has 2 rings (SSSR count). The van der Waals surface area contributed by atoms with Crippen LogP contribution in [0.2, 0.25) is 10.0 Å². The van der Waals surface area contributed by atoms with E-state index in [1.54, 1.807) is 20.3 Å². The Morgan fingerprint density at radius 2 is 1.71 bits per heavy atom. The number of halogens is 3. The molecule has 1 unspecified atom stereocenters. The number of benzene rings is 2. The molecule has 0 aromatic heterocycles. The number of methoxy groups -OCH3 is 2. The van der Waals surface area contributed by atoms with Crippen LogP contribution in [0.1, 0.15) is 16.0 Å². The van der Waals surface area contributed by atoms with Crippen LogP contribution in [0.5, 0.6) is 11.5 Å². The van der Waals surface area contributed by atoms with Crippen molar-refractivity contribution in [3.05, 3.63) is 57.6 Å². The zero-order valence-corrected chi connectivity index (χ0v) is 14.8. The molecule has 2 nitrogen and oxygen atoms in total. The Hall–Kier alpha value is -0.900. The fourth-order valence-corrected chi connectivity index (χ4v) is 3.53. The van der Waals surface area contributed by atoms with Crippen molar-refractivity contribution in [2.75, 3.05) is 14.2 Å². The van der Waals surface area contributed by atoms with Crippen LogP contribution in [-0.4, -0.2) is 14.2 Å². The molecule has 0 heterocycles. The first kappa shape index (κ1) is 16.5. The Kier molecular flexibility index (Phi) is 5.80. The highest BCUT2D eigenvalue weighted by molar-refractivity contribution is 9.09. The van der Waals surface area contributed by atoms with Gasteiger partial charge in [0.15, 0.2) is 11.5 Å². The van der Waals surface area contributed by atoms with E-state index in [0.29, 0.717) is 10.0 Å². The molecule has 0 bridgehead atoms. The van der Waals surface area contributed by atoms with E-state index in [4.69, 9.17) is 32.7 Å². The summed E-state index contributed by atoms with van der Waals surface area (Å²) in [5, 5.41) is 1.29. The Balaban J connectivity index is 2.21. The van der Waals surface area contributed by atoms with E-state index in [1.165, 1.54) is 0 Å². The molecule has 0 fully saturated rings. The first-order chi connectivity index (χ1) is 10.0. The molecule has 0 radical (unpaired) electrons. The Labute approximate surface area is 143 Å². The van der Waals surface area contributed by atoms with E-state index in [2.05, 4.69) is 15.9 Å². The van der Waals surface area contributed by atoms with Gasteiger partial charge in [-0.15, -0.1) is 0 Å². The van der Waals surface area contributed by atoms with E-state index in [1.807, 2.05) is 30.3 Å². The number of alkyl halides is 1. The van der Waals surface area contributed by atoms with E-state index in [0.717, 1.165) is 29.0 Å². The maximum Gasteiger partial charge on any atom is 0.160 e. The number of hydrogen-bond acceptors (Lipinski definition) is 2. The van der Waals surface area contributed by atoms with Crippen molar-refractivity contribution in [2.45, 2.75) is 11.2 Å². The van der Waals surface area contributed by atoms with Crippen molar-refractivity contribution >= 4 is 39.1 Å². The van der Waals surface area contributed by atoms with Crippen LogP contribution in [0.4, 0.5) is 0 Å². The lowest BCUT2D eigenvalue weighted by atomic mass is 10.0. The molecule has 21 heavy (non-hydrogen) atoms. The fourth-order valence-electron chi connectivity index (χ4n) is 2.08. The lowest BCUT2D eigenvalue weighted by Gasteiger charge is -2.14. The third kappa shape index (κ3) is 4.06. The summed E-state index contributed by atoms with van der Waals surface area (Å²) >= 11 is 15.8. The van der Waals surface area contributed by atoms with Crippen molar-refractivity contribution in [1.82, 2.24) is 0 Å². The molecule has 2 aromatic carbocycles. The van der Waals surface area contributed by atoms with Crippen LogP contribution in [0, 0.1) is 0 Å². The lowest BCUT2D eigenvalue weighted by Crippen LogP contribution is -1.98. The maximum absolute atomic E-state index is 6.24. The van der Waals surface area contributed by atoms with Gasteiger partial charge in [-0.25, -0.2) is 0 Å². The normalized spacial score (nSPS) is 12.0. The van der Waals surface area contributed by atoms with Gasteiger partial charge in [-0.1, -0.05) is 51.3 Å². The van der Waals surface area contributed by atoms with Crippen molar-refractivity contribution < 1.29 is 9.47 Å². The molecule has 112 valence electrons. The highest BCUT2D eigenvalue weighted by atomic mass is 79.9. The lowest BCUT2D eigenvalue weighted by molar-refractivity contribution is 0.354. The van der Waals surface area contributed by atoms with Crippen LogP contribution in [0.3, 0.4) is 0 Å². The van der Waals surface area contributed by atoms with Gasteiger partial charge in [0, 0.05) is 14.9 Å². The highest BCUT2D eigenvalue weighted by Gasteiger charge is 2.14. The third-order valence-electron chi connectivity index (χ3n) is 3.16. The van der Waals surface area contributed by atoms with Gasteiger partial charge in [-0.3, -0.25) is 0 Å². The van der Waals surface area contributed by atoms with Gasteiger partial charge >= 0.3 is 0 Å². The van der Waals surface area contributed by atoms with Crippen LogP contribution in [0.25, 0.3) is 0 Å². The van der Waals surface area contributed by atoms with E-state index in [9.17, 15) is 0 Å². The molecular formula is C16H15BrCl2O2. The van der Waals surface area contributed by atoms with Crippen molar-refractivity contribution in [1.29, 1.82) is 0 Å². The molecule has 2 aromatic rings. The van der Waals surface area contributed by atoms with Crippen LogP contribution >= 0.6 is 39.1 Å². The minimum Gasteiger partial charge on any atom is -0.493 e. The molecule has 0 aliphatic rings. The molecule has 0 amide bonds. The van der Waals surface area contributed by atoms with Crippen molar-refractivity contribution in [3.63, 3.8) is 0 Å². The first-order valence-corrected chi connectivity index (χ1v) is 8.02. The summed E-state index contributed by atoms with van der Waals surface area (Å²) in [4.78, 5) is 0.0976. The highest BCUT2D eigenvalue weighted by Crippen LogP contribution is 2.35. The van der Waals surface area contributed by atoms with E-state index >= 15 is 0 Å². The zero-order valence-electron chi connectivity index (χ0n) is 11.7. The van der Waals surface area contributed by atoms with E-state index < -0.39 is 0 Å². The minimum atomic E-state index is 0.0976. The van der Waals surface area contributed by atoms with Gasteiger partial charge < -0.3 is 9.47 Å². The molecular weight excluding hydrogens is 375 g/mol. The maximum atomic E-state index is 6.24. The summed E-state index contributed by atoms with van der Waals surface area (Å²) < 4.78 is 10.6. The number of rotatable bonds is 5. The standard InChI is InChI=1S/C16H15BrCl2O2/c1-20-15-6-3-10(8-16(15)21-2)7-13(17)12-5-4-11(18)9-14(12)19/h3-6,8-9,13H,7H2,1-2H3. The summed E-state index contributed by atoms with van der Waals surface area (Å²) in [7, 11) is 3.25. The smallest absolute Gasteiger partial charge is 0.160 e. The molecule has 0 saturated carbocycles. The van der Waals surface area contributed by atoms with Gasteiger partial charge in [0.25, 0.3) is 0 Å². The first-order valence-electron chi connectivity index (χ1n) is 6.35. The van der Waals surface area contributed by atoms with Crippen LogP contribution in [-0.2, 0) is 6.42 Å². The van der Waals surface area contributed by atoms with Gasteiger partial charge in [0.1, 0.15) is 0 Å². The molecule has 0 aliphatic heterocycles. The second-order valence-corrected chi connectivity index (χ2v) is 6.48. The summed E-state index contributed by atoms with van der Waals surface area (Å²) in [5.41, 5.74) is 2.14. The quantitative estimate of drug-likeness (QED) is 0.611. The predicted octanol–water partition coefficient (Wildman–Crippen LogP) is 5.69. The third-order valence-corrected chi connectivity index (χ3v) is 4.54. The second kappa shape index (κ2) is 7.39. The molecule has 1 atom stereocenters. The van der Waals surface area contributed by atoms with Gasteiger partial charge in [-0.2, -0.15) is 0 Å². The Bertz CT molecular complexity index is 632. The van der Waals surface area contributed by atoms with Gasteiger partial charge in [-0.05, 0) is 41.8 Å². The topological polar surface area (TPSA) is 18.5 Å². The van der Waals surface area contributed by atoms with Crippen molar-refractivity contribution in [2.24, 2.45) is 0 Å². The van der Waals surface area contributed by atoms with Gasteiger partial charge in [0.2, 0.25) is 0 Å². The summed E-state index contributed by atoms with van der Waals surface area (Å²) in [6.07, 6.45) is 0.779. The van der Waals surface area contributed by atoms with Crippen LogP contribution < -0.4 is 9.47 Å². The zero-order chi connectivity index (χ0) is 15.4. The van der Waals surface area contributed by atoms with Gasteiger partial charge in [0.05, 0.1) is 14.2 Å². The summed E-state index contributed by atoms with van der Waals surface area (Å²) in [5.74, 6) is 1.44. The second-order valence-electron chi connectivity index (χ2n) is 4.53. The Morgan fingerprint density at radius 3 is 2.33 bits per heavy atom. The number of hydrogen-bond donors (Lipinski definition) is 0.